The number of hydrogen-bond donors (Lipinski definition) is 0. The number of carbonyl (C=O) groups is 2. The van der Waals surface area contributed by atoms with E-state index in [2.05, 4.69) is 13.8 Å². The molecular weight excluding hydrogens is 336 g/mol. The second kappa shape index (κ2) is 7.95. The zero-order valence-electron chi connectivity index (χ0n) is 16.4. The van der Waals surface area contributed by atoms with Crippen molar-refractivity contribution in [1.29, 1.82) is 0 Å². The summed E-state index contributed by atoms with van der Waals surface area (Å²) in [6, 6.07) is 19.3. The van der Waals surface area contributed by atoms with Gasteiger partial charge in [0.1, 0.15) is 5.41 Å². The van der Waals surface area contributed by atoms with Crippen molar-refractivity contribution in [2.45, 2.75) is 46.6 Å². The first-order valence-electron chi connectivity index (χ1n) is 9.75. The molecule has 3 rings (SSSR count). The summed E-state index contributed by atoms with van der Waals surface area (Å²) in [7, 11) is 0. The van der Waals surface area contributed by atoms with Crippen LogP contribution in [0.2, 0.25) is 0 Å². The van der Waals surface area contributed by atoms with Crippen LogP contribution in [0.5, 0.6) is 0 Å². The normalized spacial score (nSPS) is 20.0. The Kier molecular flexibility index (Phi) is 5.64. The minimum Gasteiger partial charge on any atom is -0.272 e. The van der Waals surface area contributed by atoms with Crippen LogP contribution in [0.25, 0.3) is 0 Å². The molecule has 0 bridgehead atoms. The van der Waals surface area contributed by atoms with Gasteiger partial charge in [-0.2, -0.15) is 0 Å². The van der Waals surface area contributed by atoms with E-state index in [1.807, 2.05) is 67.6 Å². The number of benzene rings is 2. The van der Waals surface area contributed by atoms with Crippen molar-refractivity contribution in [2.75, 3.05) is 5.01 Å². The van der Waals surface area contributed by atoms with Gasteiger partial charge in [0, 0.05) is 0 Å². The predicted octanol–water partition coefficient (Wildman–Crippen LogP) is 4.81. The number of hydrazine groups is 1. The predicted molar refractivity (Wildman–Crippen MR) is 108 cm³/mol. The number of carbonyl (C=O) groups excluding carboxylic acids is 2. The van der Waals surface area contributed by atoms with Crippen molar-refractivity contribution >= 4 is 17.5 Å². The molecule has 1 unspecified atom stereocenters. The Morgan fingerprint density at radius 1 is 0.889 bits per heavy atom. The van der Waals surface area contributed by atoms with Gasteiger partial charge in [0.15, 0.2) is 0 Å². The summed E-state index contributed by atoms with van der Waals surface area (Å²) in [6.07, 6.45) is 1.96. The van der Waals surface area contributed by atoms with Crippen molar-refractivity contribution in [3.8, 4) is 0 Å². The van der Waals surface area contributed by atoms with Crippen LogP contribution in [-0.2, 0) is 16.1 Å². The molecule has 2 aromatic carbocycles. The third-order valence-electron chi connectivity index (χ3n) is 5.41. The summed E-state index contributed by atoms with van der Waals surface area (Å²) >= 11 is 0. The lowest BCUT2D eigenvalue weighted by Gasteiger charge is -2.27. The molecule has 0 N–H and O–H groups in total. The van der Waals surface area contributed by atoms with Gasteiger partial charge in [-0.15, -0.1) is 0 Å². The molecule has 1 aliphatic rings. The lowest BCUT2D eigenvalue weighted by molar-refractivity contribution is -0.140. The Bertz CT molecular complexity index is 789. The van der Waals surface area contributed by atoms with Crippen LogP contribution in [0.3, 0.4) is 0 Å². The van der Waals surface area contributed by atoms with Gasteiger partial charge in [-0.3, -0.25) is 9.59 Å². The van der Waals surface area contributed by atoms with E-state index in [9.17, 15) is 9.59 Å². The molecule has 0 spiro atoms. The standard InChI is InChI=1S/C23H28N2O2/c1-4-23(16-15-18(2)3)21(26)24(17-19-11-7-5-8-12-19)25(22(23)27)20-13-9-6-10-14-20/h5-14,18H,4,15-17H2,1-3H3. The fraction of sp³-hybridized carbons (Fsp3) is 0.391. The van der Waals surface area contributed by atoms with Crippen LogP contribution >= 0.6 is 0 Å². The highest BCUT2D eigenvalue weighted by Crippen LogP contribution is 2.42. The number of amides is 2. The summed E-state index contributed by atoms with van der Waals surface area (Å²) in [6.45, 7) is 6.60. The lowest BCUT2D eigenvalue weighted by Crippen LogP contribution is -2.40. The second-order valence-electron chi connectivity index (χ2n) is 7.67. The Morgan fingerprint density at radius 3 is 2.04 bits per heavy atom. The quantitative estimate of drug-likeness (QED) is 0.662. The molecule has 0 aliphatic carbocycles. The van der Waals surface area contributed by atoms with E-state index in [0.717, 1.165) is 17.7 Å². The number of para-hydroxylation sites is 1. The molecular formula is C23H28N2O2. The van der Waals surface area contributed by atoms with Crippen molar-refractivity contribution in [3.63, 3.8) is 0 Å². The minimum absolute atomic E-state index is 0.0802. The van der Waals surface area contributed by atoms with E-state index in [4.69, 9.17) is 0 Å². The lowest BCUT2D eigenvalue weighted by atomic mass is 9.78. The van der Waals surface area contributed by atoms with Gasteiger partial charge in [0.05, 0.1) is 12.2 Å². The average Bonchev–Trinajstić information content (AvgIpc) is 2.89. The molecule has 2 aromatic rings. The third kappa shape index (κ3) is 3.61. The fourth-order valence-corrected chi connectivity index (χ4v) is 3.69. The van der Waals surface area contributed by atoms with E-state index >= 15 is 0 Å². The van der Waals surface area contributed by atoms with E-state index in [-0.39, 0.29) is 11.8 Å². The highest BCUT2D eigenvalue weighted by atomic mass is 16.2. The van der Waals surface area contributed by atoms with Gasteiger partial charge < -0.3 is 0 Å². The molecule has 1 fully saturated rings. The first-order valence-corrected chi connectivity index (χ1v) is 9.75. The maximum Gasteiger partial charge on any atom is 0.261 e. The topological polar surface area (TPSA) is 40.6 Å². The van der Waals surface area contributed by atoms with Gasteiger partial charge in [-0.1, -0.05) is 69.3 Å². The maximum atomic E-state index is 13.5. The fourth-order valence-electron chi connectivity index (χ4n) is 3.69. The van der Waals surface area contributed by atoms with Gasteiger partial charge in [0.25, 0.3) is 11.8 Å². The summed E-state index contributed by atoms with van der Waals surface area (Å²) < 4.78 is 0. The number of nitrogens with zero attached hydrogens (tertiary/aromatic N) is 2. The molecule has 142 valence electrons. The van der Waals surface area contributed by atoms with E-state index in [1.54, 1.807) is 10.0 Å². The summed E-state index contributed by atoms with van der Waals surface area (Å²) in [5, 5.41) is 3.23. The van der Waals surface area contributed by atoms with Crippen LogP contribution in [0.15, 0.2) is 60.7 Å². The second-order valence-corrected chi connectivity index (χ2v) is 7.67. The Labute approximate surface area is 161 Å². The van der Waals surface area contributed by atoms with Gasteiger partial charge in [-0.05, 0) is 42.9 Å². The number of anilines is 1. The molecule has 2 amide bonds. The van der Waals surface area contributed by atoms with E-state index in [1.165, 1.54) is 0 Å². The molecule has 1 atom stereocenters. The molecule has 27 heavy (non-hydrogen) atoms. The highest BCUT2D eigenvalue weighted by Gasteiger charge is 2.57. The Morgan fingerprint density at radius 2 is 1.48 bits per heavy atom. The van der Waals surface area contributed by atoms with Crippen LogP contribution < -0.4 is 5.01 Å². The molecule has 4 nitrogen and oxygen atoms in total. The molecule has 4 heteroatoms. The molecule has 1 aliphatic heterocycles. The van der Waals surface area contributed by atoms with Crippen LogP contribution in [-0.4, -0.2) is 16.8 Å². The summed E-state index contributed by atoms with van der Waals surface area (Å²) in [5.41, 5.74) is 0.788. The van der Waals surface area contributed by atoms with Gasteiger partial charge in [-0.25, -0.2) is 10.0 Å². The summed E-state index contributed by atoms with van der Waals surface area (Å²) in [4.78, 5) is 27.1. The van der Waals surface area contributed by atoms with Crippen molar-refractivity contribution in [3.05, 3.63) is 66.2 Å². The Hall–Kier alpha value is -2.62. The Balaban J connectivity index is 2.02. The first-order chi connectivity index (χ1) is 13.0. The van der Waals surface area contributed by atoms with E-state index < -0.39 is 5.41 Å². The van der Waals surface area contributed by atoms with Gasteiger partial charge >= 0.3 is 0 Å². The smallest absolute Gasteiger partial charge is 0.261 e. The van der Waals surface area contributed by atoms with Crippen molar-refractivity contribution in [1.82, 2.24) is 5.01 Å². The van der Waals surface area contributed by atoms with Crippen LogP contribution in [0.1, 0.15) is 45.6 Å². The molecule has 0 radical (unpaired) electrons. The maximum absolute atomic E-state index is 13.5. The zero-order chi connectivity index (χ0) is 19.4. The SMILES string of the molecule is CCC1(CCC(C)C)C(=O)N(Cc2ccccc2)N(c2ccccc2)C1=O. The molecule has 1 heterocycles. The van der Waals surface area contributed by atoms with Crippen LogP contribution in [0.4, 0.5) is 5.69 Å². The monoisotopic (exact) mass is 364 g/mol. The average molecular weight is 364 g/mol. The molecule has 0 aromatic heterocycles. The van der Waals surface area contributed by atoms with Crippen molar-refractivity contribution < 1.29 is 9.59 Å². The number of rotatable bonds is 7. The highest BCUT2D eigenvalue weighted by molar-refractivity contribution is 6.18. The third-order valence-corrected chi connectivity index (χ3v) is 5.41. The van der Waals surface area contributed by atoms with Crippen LogP contribution in [0, 0.1) is 11.3 Å². The minimum atomic E-state index is -0.963. The summed E-state index contributed by atoms with van der Waals surface area (Å²) in [5.74, 6) is 0.267. The zero-order valence-corrected chi connectivity index (χ0v) is 16.4. The first kappa shape index (κ1) is 19.2. The largest absolute Gasteiger partial charge is 0.272 e. The molecule has 1 saturated heterocycles. The van der Waals surface area contributed by atoms with Gasteiger partial charge in [0.2, 0.25) is 0 Å². The van der Waals surface area contributed by atoms with E-state index in [0.29, 0.717) is 25.3 Å². The van der Waals surface area contributed by atoms with Crippen molar-refractivity contribution in [2.24, 2.45) is 11.3 Å². The molecule has 0 saturated carbocycles. The number of hydrogen-bond acceptors (Lipinski definition) is 2.